The number of rotatable bonds is 1. The first-order valence-corrected chi connectivity index (χ1v) is 6.58. The van der Waals surface area contributed by atoms with Crippen LogP contribution in [0.15, 0.2) is 30.3 Å². The number of benzene rings is 1. The Hall–Kier alpha value is -1.55. The summed E-state index contributed by atoms with van der Waals surface area (Å²) in [6.07, 6.45) is 0. The Balaban J connectivity index is 2.50. The first-order chi connectivity index (χ1) is 8.71. The van der Waals surface area contributed by atoms with Crippen LogP contribution in [0.2, 0.25) is 0 Å². The molecule has 0 N–H and O–H groups in total. The van der Waals surface area contributed by atoms with Crippen LogP contribution in [0.25, 0.3) is 0 Å². The zero-order valence-electron chi connectivity index (χ0n) is 12.6. The molecule has 0 unspecified atom stereocenters. The predicted molar refractivity (Wildman–Crippen MR) is 78.0 cm³/mol. The van der Waals surface area contributed by atoms with E-state index in [2.05, 4.69) is 27.7 Å². The topological polar surface area (TPSA) is 26.8 Å². The van der Waals surface area contributed by atoms with E-state index in [1.165, 1.54) is 0 Å². The van der Waals surface area contributed by atoms with Crippen LogP contribution in [-0.4, -0.2) is 41.1 Å². The van der Waals surface area contributed by atoms with Crippen molar-refractivity contribution in [2.75, 3.05) is 19.1 Å². The lowest BCUT2D eigenvalue weighted by Crippen LogP contribution is -2.76. The fourth-order valence-corrected chi connectivity index (χ4v) is 2.42. The zero-order valence-corrected chi connectivity index (χ0v) is 12.6. The van der Waals surface area contributed by atoms with Crippen molar-refractivity contribution >= 4 is 11.7 Å². The summed E-state index contributed by atoms with van der Waals surface area (Å²) in [7, 11) is 3.84. The third-order valence-corrected chi connectivity index (χ3v) is 4.91. The van der Waals surface area contributed by atoms with Crippen LogP contribution in [0, 0.1) is 0 Å². The molecule has 0 aromatic heterocycles. The van der Waals surface area contributed by atoms with Crippen molar-refractivity contribution in [2.45, 2.75) is 38.8 Å². The number of nitrogens with zero attached hydrogens (tertiary/aromatic N) is 3. The Morgan fingerprint density at radius 3 is 1.95 bits per heavy atom. The molecule has 1 aromatic carbocycles. The summed E-state index contributed by atoms with van der Waals surface area (Å²) in [5.41, 5.74) is 0.473. The van der Waals surface area contributed by atoms with E-state index in [9.17, 15) is 4.79 Å². The molecule has 0 aliphatic carbocycles. The van der Waals surface area contributed by atoms with E-state index < -0.39 is 0 Å². The average molecular weight is 261 g/mol. The van der Waals surface area contributed by atoms with Crippen LogP contribution in [0.4, 0.5) is 10.5 Å². The molecule has 4 nitrogen and oxygen atoms in total. The van der Waals surface area contributed by atoms with Crippen LogP contribution in [0.3, 0.4) is 0 Å². The largest absolute Gasteiger partial charge is 0.339 e. The number of anilines is 1. The van der Waals surface area contributed by atoms with Gasteiger partial charge in [0.25, 0.3) is 0 Å². The second kappa shape index (κ2) is 4.23. The summed E-state index contributed by atoms with van der Waals surface area (Å²) < 4.78 is 0. The average Bonchev–Trinajstić information content (AvgIpc) is 2.37. The van der Waals surface area contributed by atoms with Gasteiger partial charge in [0.15, 0.2) is 0 Å². The molecule has 1 aliphatic rings. The molecule has 1 heterocycles. The second-order valence-electron chi connectivity index (χ2n) is 6.13. The number of hydrogen-bond acceptors (Lipinski definition) is 2. The number of amides is 2. The second-order valence-corrected chi connectivity index (χ2v) is 6.13. The van der Waals surface area contributed by atoms with Crippen molar-refractivity contribution in [2.24, 2.45) is 0 Å². The molecule has 19 heavy (non-hydrogen) atoms. The number of para-hydroxylation sites is 1. The summed E-state index contributed by atoms with van der Waals surface area (Å²) >= 11 is 0. The smallest absolute Gasteiger partial charge is 0.319 e. The quantitative estimate of drug-likeness (QED) is 0.777. The van der Waals surface area contributed by atoms with Crippen molar-refractivity contribution in [1.82, 2.24) is 9.91 Å². The van der Waals surface area contributed by atoms with Gasteiger partial charge >= 0.3 is 6.03 Å². The number of carbonyl (C=O) groups is 1. The van der Waals surface area contributed by atoms with Crippen molar-refractivity contribution < 1.29 is 4.79 Å². The van der Waals surface area contributed by atoms with Gasteiger partial charge in [-0.15, -0.1) is 0 Å². The fourth-order valence-electron chi connectivity index (χ4n) is 2.42. The lowest BCUT2D eigenvalue weighted by molar-refractivity contribution is -0.0279. The first-order valence-electron chi connectivity index (χ1n) is 6.58. The number of carbonyl (C=O) groups excluding carboxylic acids is 1. The van der Waals surface area contributed by atoms with E-state index in [4.69, 9.17) is 0 Å². The van der Waals surface area contributed by atoms with Gasteiger partial charge in [-0.2, -0.15) is 0 Å². The number of urea groups is 1. The van der Waals surface area contributed by atoms with E-state index in [0.29, 0.717) is 0 Å². The molecule has 1 saturated heterocycles. The van der Waals surface area contributed by atoms with E-state index in [0.717, 1.165) is 5.69 Å². The molecule has 1 aliphatic heterocycles. The minimum atomic E-state index is -0.246. The van der Waals surface area contributed by atoms with Gasteiger partial charge in [0, 0.05) is 14.1 Å². The summed E-state index contributed by atoms with van der Waals surface area (Å²) in [6, 6.07) is 9.76. The highest BCUT2D eigenvalue weighted by molar-refractivity contribution is 5.92. The Kier molecular flexibility index (Phi) is 3.09. The molecule has 0 atom stereocenters. The molecular weight excluding hydrogens is 238 g/mol. The Morgan fingerprint density at radius 2 is 1.42 bits per heavy atom. The third kappa shape index (κ3) is 1.82. The lowest BCUT2D eigenvalue weighted by atomic mass is 9.80. The van der Waals surface area contributed by atoms with Crippen molar-refractivity contribution in [1.29, 1.82) is 0 Å². The molecule has 0 saturated carbocycles. The van der Waals surface area contributed by atoms with Crippen molar-refractivity contribution in [3.05, 3.63) is 30.3 Å². The van der Waals surface area contributed by atoms with Crippen LogP contribution in [0.1, 0.15) is 27.7 Å². The van der Waals surface area contributed by atoms with Crippen LogP contribution < -0.4 is 5.01 Å². The van der Waals surface area contributed by atoms with Gasteiger partial charge in [0.1, 0.15) is 0 Å². The van der Waals surface area contributed by atoms with Gasteiger partial charge < -0.3 is 4.90 Å². The summed E-state index contributed by atoms with van der Waals surface area (Å²) in [4.78, 5) is 14.5. The number of hydrazine groups is 1. The SMILES string of the molecule is CN1C(=O)N(c2ccccc2)N(C)C(C)(C)C1(C)C. The molecule has 0 spiro atoms. The summed E-state index contributed by atoms with van der Waals surface area (Å²) in [5, 5.41) is 3.77. The summed E-state index contributed by atoms with van der Waals surface area (Å²) in [5.74, 6) is 0. The number of likely N-dealkylation sites (N-methyl/N-ethyl adjacent to an activating group) is 2. The maximum atomic E-state index is 12.6. The standard InChI is InChI=1S/C15H23N3O/c1-14(2)15(3,4)17(6)18(13(19)16(14)5)12-10-8-7-9-11-12/h7-11H,1-6H3. The Morgan fingerprint density at radius 1 is 0.895 bits per heavy atom. The van der Waals surface area contributed by atoms with Gasteiger partial charge in [-0.25, -0.2) is 14.8 Å². The molecule has 104 valence electrons. The van der Waals surface area contributed by atoms with Gasteiger partial charge in [0.05, 0.1) is 16.8 Å². The highest BCUT2D eigenvalue weighted by Crippen LogP contribution is 2.39. The van der Waals surface area contributed by atoms with Gasteiger partial charge in [-0.1, -0.05) is 18.2 Å². The van der Waals surface area contributed by atoms with Crippen molar-refractivity contribution in [3.63, 3.8) is 0 Å². The lowest BCUT2D eigenvalue weighted by Gasteiger charge is -2.59. The van der Waals surface area contributed by atoms with Crippen LogP contribution >= 0.6 is 0 Å². The van der Waals surface area contributed by atoms with Gasteiger partial charge in [-0.05, 0) is 39.8 Å². The molecular formula is C15H23N3O. The van der Waals surface area contributed by atoms with E-state index >= 15 is 0 Å². The Bertz CT molecular complexity index is 481. The monoisotopic (exact) mass is 261 g/mol. The summed E-state index contributed by atoms with van der Waals surface area (Å²) in [6.45, 7) is 8.52. The number of hydrogen-bond donors (Lipinski definition) is 0. The third-order valence-electron chi connectivity index (χ3n) is 4.91. The molecule has 4 heteroatoms. The molecule has 0 bridgehead atoms. The molecule has 1 aromatic rings. The predicted octanol–water partition coefficient (Wildman–Crippen LogP) is 2.96. The maximum Gasteiger partial charge on any atom is 0.339 e. The molecule has 2 rings (SSSR count). The van der Waals surface area contributed by atoms with E-state index in [-0.39, 0.29) is 17.1 Å². The van der Waals surface area contributed by atoms with E-state index in [1.807, 2.05) is 54.3 Å². The molecule has 2 amide bonds. The van der Waals surface area contributed by atoms with E-state index in [1.54, 1.807) is 5.01 Å². The minimum absolute atomic E-state index is 0.00183. The Labute approximate surface area is 115 Å². The minimum Gasteiger partial charge on any atom is -0.319 e. The highest BCUT2D eigenvalue weighted by atomic mass is 16.2. The van der Waals surface area contributed by atoms with Crippen molar-refractivity contribution in [3.8, 4) is 0 Å². The maximum absolute atomic E-state index is 12.6. The molecule has 0 radical (unpaired) electrons. The fraction of sp³-hybridized carbons (Fsp3) is 0.533. The zero-order chi connectivity index (χ0) is 14.4. The first kappa shape index (κ1) is 13.9. The molecule has 1 fully saturated rings. The van der Waals surface area contributed by atoms with Gasteiger partial charge in [0.2, 0.25) is 0 Å². The highest BCUT2D eigenvalue weighted by Gasteiger charge is 2.53. The normalized spacial score (nSPS) is 22.7. The van der Waals surface area contributed by atoms with Crippen LogP contribution in [0.5, 0.6) is 0 Å². The van der Waals surface area contributed by atoms with Gasteiger partial charge in [-0.3, -0.25) is 0 Å². The van der Waals surface area contributed by atoms with Crippen LogP contribution in [-0.2, 0) is 0 Å².